The molecule has 16 heavy (non-hydrogen) atoms. The normalized spacial score (nSPS) is 15.8. The fraction of sp³-hybridized carbons (Fsp3) is 0.417. The fourth-order valence-corrected chi connectivity index (χ4v) is 1.85. The number of benzene rings is 1. The van der Waals surface area contributed by atoms with Gasteiger partial charge in [0.2, 0.25) is 0 Å². The molecule has 0 aromatic heterocycles. The molecular formula is C12H16ClN3. The quantitative estimate of drug-likeness (QED) is 0.809. The third-order valence-corrected chi connectivity index (χ3v) is 2.70. The smallest absolute Gasteiger partial charge is 0.0991 e. The molecule has 1 aliphatic rings. The third-order valence-electron chi connectivity index (χ3n) is 2.70. The second kappa shape index (κ2) is 6.37. The first-order valence-electron chi connectivity index (χ1n) is 5.36. The molecule has 2 rings (SSSR count). The van der Waals surface area contributed by atoms with Gasteiger partial charge in [-0.25, -0.2) is 0 Å². The Bertz CT molecular complexity index is 348. The van der Waals surface area contributed by atoms with Crippen molar-refractivity contribution in [2.75, 3.05) is 31.1 Å². The summed E-state index contributed by atoms with van der Waals surface area (Å²) in [6.07, 6.45) is 1.18. The largest absolute Gasteiger partial charge is 0.370 e. The Morgan fingerprint density at radius 3 is 2.56 bits per heavy atom. The molecular weight excluding hydrogens is 222 g/mol. The zero-order chi connectivity index (χ0) is 10.5. The number of nitrogens with zero attached hydrogens (tertiary/aromatic N) is 2. The molecule has 0 unspecified atom stereocenters. The monoisotopic (exact) mass is 237 g/mol. The number of nitrogens with one attached hydrogen (secondary N) is 1. The molecule has 0 atom stereocenters. The van der Waals surface area contributed by atoms with Crippen molar-refractivity contribution in [1.82, 2.24) is 5.32 Å². The number of rotatable bonds is 1. The van der Waals surface area contributed by atoms with Gasteiger partial charge in [-0.2, -0.15) is 5.26 Å². The molecule has 0 amide bonds. The second-order valence-electron chi connectivity index (χ2n) is 3.75. The van der Waals surface area contributed by atoms with Crippen molar-refractivity contribution in [2.24, 2.45) is 0 Å². The van der Waals surface area contributed by atoms with E-state index in [0.29, 0.717) is 0 Å². The van der Waals surface area contributed by atoms with Crippen molar-refractivity contribution in [3.63, 3.8) is 0 Å². The van der Waals surface area contributed by atoms with E-state index in [9.17, 15) is 0 Å². The van der Waals surface area contributed by atoms with Crippen molar-refractivity contribution in [3.8, 4) is 6.07 Å². The number of nitriles is 1. The van der Waals surface area contributed by atoms with Crippen LogP contribution < -0.4 is 10.2 Å². The van der Waals surface area contributed by atoms with E-state index >= 15 is 0 Å². The zero-order valence-electron chi connectivity index (χ0n) is 9.15. The van der Waals surface area contributed by atoms with Gasteiger partial charge in [0, 0.05) is 25.3 Å². The highest BCUT2D eigenvalue weighted by atomic mass is 35.5. The zero-order valence-corrected chi connectivity index (χ0v) is 9.96. The van der Waals surface area contributed by atoms with Crippen LogP contribution in [0.1, 0.15) is 12.0 Å². The van der Waals surface area contributed by atoms with E-state index in [1.54, 1.807) is 0 Å². The first-order valence-corrected chi connectivity index (χ1v) is 5.36. The van der Waals surface area contributed by atoms with E-state index in [2.05, 4.69) is 16.3 Å². The Morgan fingerprint density at radius 1 is 1.12 bits per heavy atom. The molecule has 1 heterocycles. The molecule has 1 aromatic rings. The summed E-state index contributed by atoms with van der Waals surface area (Å²) in [4.78, 5) is 2.36. The fourth-order valence-electron chi connectivity index (χ4n) is 1.85. The van der Waals surface area contributed by atoms with E-state index in [-0.39, 0.29) is 12.4 Å². The Morgan fingerprint density at radius 2 is 1.88 bits per heavy atom. The van der Waals surface area contributed by atoms with Crippen LogP contribution >= 0.6 is 12.4 Å². The summed E-state index contributed by atoms with van der Waals surface area (Å²) in [5.41, 5.74) is 1.95. The summed E-state index contributed by atoms with van der Waals surface area (Å²) in [5.74, 6) is 0. The number of anilines is 1. The minimum atomic E-state index is 0. The van der Waals surface area contributed by atoms with Gasteiger partial charge in [-0.3, -0.25) is 0 Å². The highest BCUT2D eigenvalue weighted by Gasteiger charge is 2.08. The van der Waals surface area contributed by atoms with E-state index in [1.807, 2.05) is 24.3 Å². The topological polar surface area (TPSA) is 39.1 Å². The van der Waals surface area contributed by atoms with Gasteiger partial charge >= 0.3 is 0 Å². The minimum absolute atomic E-state index is 0. The molecule has 0 spiro atoms. The predicted molar refractivity (Wildman–Crippen MR) is 68.1 cm³/mol. The van der Waals surface area contributed by atoms with E-state index in [0.717, 1.165) is 31.7 Å². The summed E-state index contributed by atoms with van der Waals surface area (Å²) < 4.78 is 0. The lowest BCUT2D eigenvalue weighted by Gasteiger charge is -2.22. The maximum Gasteiger partial charge on any atom is 0.0991 e. The van der Waals surface area contributed by atoms with Gasteiger partial charge in [0.15, 0.2) is 0 Å². The molecule has 0 bridgehead atoms. The lowest BCUT2D eigenvalue weighted by molar-refractivity contribution is 0.724. The Hall–Kier alpha value is -1.24. The first kappa shape index (κ1) is 12.8. The van der Waals surface area contributed by atoms with Crippen LogP contribution in [0.3, 0.4) is 0 Å². The third kappa shape index (κ3) is 3.13. The van der Waals surface area contributed by atoms with Gasteiger partial charge < -0.3 is 10.2 Å². The van der Waals surface area contributed by atoms with E-state index in [4.69, 9.17) is 5.26 Å². The summed E-state index contributed by atoms with van der Waals surface area (Å²) in [6.45, 7) is 4.29. The van der Waals surface area contributed by atoms with Gasteiger partial charge in [0.05, 0.1) is 11.6 Å². The maximum absolute atomic E-state index is 8.71. The summed E-state index contributed by atoms with van der Waals surface area (Å²) >= 11 is 0. The lowest BCUT2D eigenvalue weighted by atomic mass is 10.2. The Kier molecular flexibility index (Phi) is 5.10. The number of halogens is 1. The van der Waals surface area contributed by atoms with Gasteiger partial charge in [-0.15, -0.1) is 12.4 Å². The molecule has 1 aliphatic heterocycles. The van der Waals surface area contributed by atoms with Crippen LogP contribution in [-0.2, 0) is 0 Å². The van der Waals surface area contributed by atoms with Crippen molar-refractivity contribution < 1.29 is 0 Å². The highest BCUT2D eigenvalue weighted by molar-refractivity contribution is 5.85. The van der Waals surface area contributed by atoms with Crippen molar-refractivity contribution in [1.29, 1.82) is 5.26 Å². The average Bonchev–Trinajstić information content (AvgIpc) is 2.58. The van der Waals surface area contributed by atoms with Crippen LogP contribution in [0.2, 0.25) is 0 Å². The molecule has 0 saturated carbocycles. The van der Waals surface area contributed by atoms with Crippen LogP contribution in [0, 0.1) is 11.3 Å². The maximum atomic E-state index is 8.71. The summed E-state index contributed by atoms with van der Waals surface area (Å²) in [5, 5.41) is 12.1. The van der Waals surface area contributed by atoms with Crippen LogP contribution in [0.15, 0.2) is 24.3 Å². The van der Waals surface area contributed by atoms with E-state index in [1.165, 1.54) is 12.1 Å². The molecule has 0 aliphatic carbocycles. The molecule has 4 heteroatoms. The molecule has 86 valence electrons. The summed E-state index contributed by atoms with van der Waals surface area (Å²) in [6, 6.07) is 9.97. The predicted octanol–water partition coefficient (Wildman–Crippen LogP) is 1.78. The van der Waals surface area contributed by atoms with Gasteiger partial charge in [0.1, 0.15) is 0 Å². The van der Waals surface area contributed by atoms with Crippen molar-refractivity contribution in [2.45, 2.75) is 6.42 Å². The van der Waals surface area contributed by atoms with Crippen LogP contribution in [0.25, 0.3) is 0 Å². The van der Waals surface area contributed by atoms with Gasteiger partial charge in [-0.05, 0) is 37.2 Å². The SMILES string of the molecule is Cl.N#Cc1ccc(N2CCCNCC2)cc1. The Labute approximate surface area is 102 Å². The average molecular weight is 238 g/mol. The van der Waals surface area contributed by atoms with Crippen LogP contribution in [0.4, 0.5) is 5.69 Å². The molecule has 1 N–H and O–H groups in total. The highest BCUT2D eigenvalue weighted by Crippen LogP contribution is 2.15. The van der Waals surface area contributed by atoms with Crippen molar-refractivity contribution in [3.05, 3.63) is 29.8 Å². The second-order valence-corrected chi connectivity index (χ2v) is 3.75. The Balaban J connectivity index is 0.00000128. The van der Waals surface area contributed by atoms with Gasteiger partial charge in [0.25, 0.3) is 0 Å². The lowest BCUT2D eigenvalue weighted by Crippen LogP contribution is -2.27. The number of hydrogen-bond donors (Lipinski definition) is 1. The molecule has 1 fully saturated rings. The van der Waals surface area contributed by atoms with Crippen LogP contribution in [0.5, 0.6) is 0 Å². The molecule has 1 saturated heterocycles. The standard InChI is InChI=1S/C12H15N3.ClH/c13-10-11-2-4-12(5-3-11)15-8-1-6-14-7-9-15;/h2-5,14H,1,6-9H2;1H. The minimum Gasteiger partial charge on any atom is -0.370 e. The molecule has 3 nitrogen and oxygen atoms in total. The molecule has 1 aromatic carbocycles. The summed E-state index contributed by atoms with van der Waals surface area (Å²) in [7, 11) is 0. The van der Waals surface area contributed by atoms with Crippen molar-refractivity contribution >= 4 is 18.1 Å². The number of hydrogen-bond acceptors (Lipinski definition) is 3. The molecule has 0 radical (unpaired) electrons. The van der Waals surface area contributed by atoms with Gasteiger partial charge in [-0.1, -0.05) is 0 Å². The van der Waals surface area contributed by atoms with Crippen LogP contribution in [-0.4, -0.2) is 26.2 Å². The van der Waals surface area contributed by atoms with E-state index < -0.39 is 0 Å². The first-order chi connectivity index (χ1) is 7.40.